The Bertz CT molecular complexity index is 2080. The van der Waals surface area contributed by atoms with E-state index in [0.29, 0.717) is 0 Å². The number of imidazole rings is 1. The van der Waals surface area contributed by atoms with Gasteiger partial charge in [0.1, 0.15) is 5.65 Å². The van der Waals surface area contributed by atoms with Gasteiger partial charge < -0.3 is 0 Å². The van der Waals surface area contributed by atoms with Crippen molar-refractivity contribution in [2.75, 3.05) is 0 Å². The van der Waals surface area contributed by atoms with Gasteiger partial charge in [0, 0.05) is 22.7 Å². The molecule has 0 N–H and O–H groups in total. The molecule has 2 aromatic heterocycles. The van der Waals surface area contributed by atoms with Crippen molar-refractivity contribution in [1.82, 2.24) is 9.38 Å². The van der Waals surface area contributed by atoms with Crippen LogP contribution < -0.4 is 0 Å². The molecule has 5 aromatic carbocycles. The Labute approximate surface area is 234 Å². The van der Waals surface area contributed by atoms with E-state index in [0.717, 1.165) is 28.2 Å². The first-order valence-corrected chi connectivity index (χ1v) is 13.9. The second-order valence-electron chi connectivity index (χ2n) is 11.3. The zero-order valence-corrected chi connectivity index (χ0v) is 22.6. The highest BCUT2D eigenvalue weighted by atomic mass is 15.0. The van der Waals surface area contributed by atoms with Crippen molar-refractivity contribution in [3.8, 4) is 44.8 Å². The lowest BCUT2D eigenvalue weighted by Crippen LogP contribution is -2.14. The van der Waals surface area contributed by atoms with Crippen LogP contribution in [-0.2, 0) is 5.41 Å². The molecular formula is C38H28N2. The molecule has 0 saturated heterocycles. The van der Waals surface area contributed by atoms with E-state index in [1.165, 1.54) is 44.2 Å². The van der Waals surface area contributed by atoms with Gasteiger partial charge in [-0.05, 0) is 68.4 Å². The normalized spacial score (nSPS) is 13.4. The fraction of sp³-hybridized carbons (Fsp3) is 0.0789. The number of hydrogen-bond acceptors (Lipinski definition) is 1. The lowest BCUT2D eigenvalue weighted by Gasteiger charge is -2.22. The molecule has 0 spiro atoms. The number of benzene rings is 5. The van der Waals surface area contributed by atoms with Gasteiger partial charge in [0.15, 0.2) is 0 Å². The summed E-state index contributed by atoms with van der Waals surface area (Å²) in [4.78, 5) is 5.08. The third-order valence-corrected chi connectivity index (χ3v) is 8.63. The highest BCUT2D eigenvalue weighted by Gasteiger charge is 2.35. The Morgan fingerprint density at radius 2 is 1.20 bits per heavy atom. The van der Waals surface area contributed by atoms with Crippen molar-refractivity contribution in [2.24, 2.45) is 0 Å². The van der Waals surface area contributed by atoms with Crippen LogP contribution in [0.1, 0.15) is 25.0 Å². The highest BCUT2D eigenvalue weighted by molar-refractivity contribution is 5.91. The quantitative estimate of drug-likeness (QED) is 0.230. The van der Waals surface area contributed by atoms with Gasteiger partial charge in [-0.3, -0.25) is 4.40 Å². The molecule has 2 nitrogen and oxygen atoms in total. The van der Waals surface area contributed by atoms with Gasteiger partial charge in [-0.25, -0.2) is 4.98 Å². The minimum atomic E-state index is -0.00680. The minimum absolute atomic E-state index is 0.00680. The molecule has 0 bridgehead atoms. The molecule has 0 amide bonds. The first-order valence-electron chi connectivity index (χ1n) is 13.9. The first kappa shape index (κ1) is 23.0. The number of pyridine rings is 1. The van der Waals surface area contributed by atoms with Crippen LogP contribution in [0.2, 0.25) is 0 Å². The van der Waals surface area contributed by atoms with Gasteiger partial charge in [0.2, 0.25) is 0 Å². The van der Waals surface area contributed by atoms with Crippen molar-refractivity contribution < 1.29 is 0 Å². The van der Waals surface area contributed by atoms with Crippen LogP contribution in [-0.4, -0.2) is 9.38 Å². The van der Waals surface area contributed by atoms with Crippen LogP contribution in [0.5, 0.6) is 0 Å². The monoisotopic (exact) mass is 512 g/mol. The molecule has 1 aliphatic rings. The van der Waals surface area contributed by atoms with Gasteiger partial charge in [-0.2, -0.15) is 0 Å². The fourth-order valence-electron chi connectivity index (χ4n) is 6.51. The SMILES string of the molecule is CC1(C)c2ccccc2-c2ccc(-c3ccc(-c4c(-c5ccc6ccccc6c5)nc5ccccn45)cc3)cc21. The second-order valence-corrected chi connectivity index (χ2v) is 11.3. The van der Waals surface area contributed by atoms with Crippen molar-refractivity contribution in [1.29, 1.82) is 0 Å². The molecule has 7 aromatic rings. The Kier molecular flexibility index (Phi) is 4.90. The maximum atomic E-state index is 5.08. The highest BCUT2D eigenvalue weighted by Crippen LogP contribution is 2.49. The molecule has 0 fully saturated rings. The Morgan fingerprint density at radius 1 is 0.525 bits per heavy atom. The van der Waals surface area contributed by atoms with Crippen LogP contribution in [0.4, 0.5) is 0 Å². The van der Waals surface area contributed by atoms with Crippen LogP contribution in [0, 0.1) is 0 Å². The summed E-state index contributed by atoms with van der Waals surface area (Å²) in [7, 11) is 0. The van der Waals surface area contributed by atoms with Crippen molar-refractivity contribution in [3.63, 3.8) is 0 Å². The number of rotatable bonds is 3. The Morgan fingerprint density at radius 3 is 2.08 bits per heavy atom. The molecule has 0 unspecified atom stereocenters. The predicted molar refractivity (Wildman–Crippen MR) is 167 cm³/mol. The first-order chi connectivity index (χ1) is 19.6. The summed E-state index contributed by atoms with van der Waals surface area (Å²) in [5.41, 5.74) is 13.3. The zero-order chi connectivity index (χ0) is 26.8. The second kappa shape index (κ2) is 8.53. The van der Waals surface area contributed by atoms with Crippen molar-refractivity contribution in [2.45, 2.75) is 19.3 Å². The summed E-state index contributed by atoms with van der Waals surface area (Å²) in [5, 5.41) is 2.46. The molecule has 1 aliphatic carbocycles. The summed E-state index contributed by atoms with van der Waals surface area (Å²) in [5.74, 6) is 0. The van der Waals surface area contributed by atoms with E-state index in [2.05, 4.69) is 146 Å². The Hall–Kier alpha value is -4.95. The van der Waals surface area contributed by atoms with E-state index in [4.69, 9.17) is 4.98 Å². The van der Waals surface area contributed by atoms with E-state index in [1.807, 2.05) is 6.07 Å². The summed E-state index contributed by atoms with van der Waals surface area (Å²) < 4.78 is 2.20. The van der Waals surface area contributed by atoms with Crippen LogP contribution >= 0.6 is 0 Å². The maximum absolute atomic E-state index is 5.08. The average Bonchev–Trinajstić information content (AvgIpc) is 3.50. The third kappa shape index (κ3) is 3.39. The van der Waals surface area contributed by atoms with Crippen LogP contribution in [0.3, 0.4) is 0 Å². The average molecular weight is 513 g/mol. The van der Waals surface area contributed by atoms with Crippen LogP contribution in [0.25, 0.3) is 61.2 Å². The summed E-state index contributed by atoms with van der Waals surface area (Å²) in [6.45, 7) is 4.67. The molecule has 0 atom stereocenters. The maximum Gasteiger partial charge on any atom is 0.137 e. The smallest absolute Gasteiger partial charge is 0.137 e. The summed E-state index contributed by atoms with van der Waals surface area (Å²) in [6, 6.07) is 46.1. The van der Waals surface area contributed by atoms with E-state index in [1.54, 1.807) is 0 Å². The Balaban J connectivity index is 1.23. The molecule has 0 saturated carbocycles. The van der Waals surface area contributed by atoms with Gasteiger partial charge in [-0.15, -0.1) is 0 Å². The third-order valence-electron chi connectivity index (χ3n) is 8.63. The van der Waals surface area contributed by atoms with E-state index in [9.17, 15) is 0 Å². The fourth-order valence-corrected chi connectivity index (χ4v) is 6.51. The number of hydrogen-bond donors (Lipinski definition) is 0. The number of fused-ring (bicyclic) bond motifs is 5. The standard InChI is InChI=1S/C38H28N2/c1-38(2)33-12-6-5-11-31(33)32-21-20-29(24-34(32)38)26-14-17-27(18-15-26)37-36(39-35-13-7-8-22-40(35)37)30-19-16-25-9-3-4-10-28(25)23-30/h3-24H,1-2H3. The molecule has 190 valence electrons. The number of nitrogens with zero attached hydrogens (tertiary/aromatic N) is 2. The lowest BCUT2D eigenvalue weighted by atomic mass is 9.81. The molecule has 2 heterocycles. The van der Waals surface area contributed by atoms with E-state index >= 15 is 0 Å². The summed E-state index contributed by atoms with van der Waals surface area (Å²) in [6.07, 6.45) is 2.11. The summed E-state index contributed by atoms with van der Waals surface area (Å²) >= 11 is 0. The molecule has 40 heavy (non-hydrogen) atoms. The van der Waals surface area contributed by atoms with Gasteiger partial charge in [0.25, 0.3) is 0 Å². The predicted octanol–water partition coefficient (Wildman–Crippen LogP) is 9.79. The topological polar surface area (TPSA) is 17.3 Å². The molecule has 0 radical (unpaired) electrons. The molecule has 2 heteroatoms. The van der Waals surface area contributed by atoms with Gasteiger partial charge in [-0.1, -0.05) is 117 Å². The number of aromatic nitrogens is 2. The molecule has 8 rings (SSSR count). The largest absolute Gasteiger partial charge is 0.299 e. The molecule has 0 aliphatic heterocycles. The van der Waals surface area contributed by atoms with Crippen molar-refractivity contribution in [3.05, 3.63) is 145 Å². The van der Waals surface area contributed by atoms with Gasteiger partial charge >= 0.3 is 0 Å². The zero-order valence-electron chi connectivity index (χ0n) is 22.6. The van der Waals surface area contributed by atoms with Crippen molar-refractivity contribution >= 4 is 16.4 Å². The van der Waals surface area contributed by atoms with Gasteiger partial charge in [0.05, 0.1) is 11.4 Å². The van der Waals surface area contributed by atoms with E-state index < -0.39 is 0 Å². The van der Waals surface area contributed by atoms with Crippen LogP contribution in [0.15, 0.2) is 134 Å². The minimum Gasteiger partial charge on any atom is -0.299 e. The van der Waals surface area contributed by atoms with E-state index in [-0.39, 0.29) is 5.41 Å². The lowest BCUT2D eigenvalue weighted by molar-refractivity contribution is 0.660. The molecular weight excluding hydrogens is 484 g/mol.